The zero-order chi connectivity index (χ0) is 17.6. The highest BCUT2D eigenvalue weighted by molar-refractivity contribution is 5.66. The Kier molecular flexibility index (Phi) is 32.0. The van der Waals surface area contributed by atoms with Gasteiger partial charge in [-0.2, -0.15) is 0 Å². The van der Waals surface area contributed by atoms with Crippen LogP contribution in [0.1, 0.15) is 117 Å². The fourth-order valence-electron chi connectivity index (χ4n) is 2.65. The van der Waals surface area contributed by atoms with Crippen LogP contribution in [0.5, 0.6) is 0 Å². The van der Waals surface area contributed by atoms with E-state index in [9.17, 15) is 4.79 Å². The molecule has 0 heterocycles. The highest BCUT2D eigenvalue weighted by Crippen LogP contribution is 2.13. The van der Waals surface area contributed by atoms with Crippen LogP contribution in [-0.2, 0) is 4.79 Å². The molecule has 0 amide bonds. The maximum absolute atomic E-state index is 10.3. The lowest BCUT2D eigenvalue weighted by molar-refractivity contribution is -0.137. The minimum Gasteiger partial charge on any atom is -0.481 e. The molecule has 0 saturated carbocycles. The molecule has 0 aliphatic carbocycles. The van der Waals surface area contributed by atoms with Gasteiger partial charge in [-0.1, -0.05) is 96.8 Å². The van der Waals surface area contributed by atoms with Crippen LogP contribution in [0.4, 0.5) is 0 Å². The first-order valence-electron chi connectivity index (χ1n) is 10.0. The second kappa shape index (κ2) is 27.2. The molecule has 0 aromatic heterocycles. The molecule has 0 aromatic carbocycles. The standard InChI is InChI=1S/C18H36O2.C2H6O.H2O/c1-2-3-4-5-6-7-8-9-10-11-12-13-14-15-16-17-18(19)20;1-2-3;/h2-17H2,1H3,(H,19,20);3H,2H2,1H3;1H2. The van der Waals surface area contributed by atoms with E-state index < -0.39 is 5.97 Å². The van der Waals surface area contributed by atoms with Gasteiger partial charge in [-0.05, 0) is 13.3 Å². The Morgan fingerprint density at radius 3 is 1.12 bits per heavy atom. The quantitative estimate of drug-likeness (QED) is 0.361. The third-order valence-electron chi connectivity index (χ3n) is 3.99. The van der Waals surface area contributed by atoms with Gasteiger partial charge in [-0.15, -0.1) is 0 Å². The molecule has 4 heteroatoms. The number of aliphatic carboxylic acids is 1. The Morgan fingerprint density at radius 1 is 0.625 bits per heavy atom. The van der Waals surface area contributed by atoms with Crippen LogP contribution in [0.25, 0.3) is 0 Å². The number of carboxylic acid groups (broad SMARTS) is 1. The van der Waals surface area contributed by atoms with Crippen molar-refractivity contribution in [3.63, 3.8) is 0 Å². The minimum absolute atomic E-state index is 0. The first-order chi connectivity index (χ1) is 11.2. The highest BCUT2D eigenvalue weighted by atomic mass is 16.4. The number of aliphatic hydroxyl groups is 1. The van der Waals surface area contributed by atoms with Crippen LogP contribution < -0.4 is 0 Å². The van der Waals surface area contributed by atoms with Crippen LogP contribution in [0.3, 0.4) is 0 Å². The topological polar surface area (TPSA) is 89.0 Å². The molecule has 0 aliphatic heterocycles. The third-order valence-corrected chi connectivity index (χ3v) is 3.99. The van der Waals surface area contributed by atoms with Gasteiger partial charge >= 0.3 is 5.97 Å². The Hall–Kier alpha value is -0.610. The zero-order valence-corrected chi connectivity index (χ0v) is 16.3. The molecule has 0 rings (SSSR count). The van der Waals surface area contributed by atoms with E-state index in [0.29, 0.717) is 6.42 Å². The van der Waals surface area contributed by atoms with Crippen molar-refractivity contribution in [2.45, 2.75) is 117 Å². The number of carbonyl (C=O) groups is 1. The van der Waals surface area contributed by atoms with E-state index >= 15 is 0 Å². The van der Waals surface area contributed by atoms with Gasteiger partial charge in [0, 0.05) is 13.0 Å². The van der Waals surface area contributed by atoms with Crippen LogP contribution >= 0.6 is 0 Å². The van der Waals surface area contributed by atoms with E-state index in [4.69, 9.17) is 10.2 Å². The lowest BCUT2D eigenvalue weighted by Crippen LogP contribution is -1.93. The molecule has 148 valence electrons. The summed E-state index contributed by atoms with van der Waals surface area (Å²) in [6.07, 6.45) is 20.2. The molecular weight excluding hydrogens is 304 g/mol. The van der Waals surface area contributed by atoms with Crippen molar-refractivity contribution in [3.8, 4) is 0 Å². The molecule has 0 unspecified atom stereocenters. The fourth-order valence-corrected chi connectivity index (χ4v) is 2.65. The normalized spacial score (nSPS) is 9.79. The second-order valence-corrected chi connectivity index (χ2v) is 6.41. The number of carboxylic acids is 1. The minimum atomic E-state index is -0.653. The first-order valence-corrected chi connectivity index (χ1v) is 10.0. The van der Waals surface area contributed by atoms with Crippen molar-refractivity contribution >= 4 is 5.97 Å². The maximum atomic E-state index is 10.3. The summed E-state index contributed by atoms with van der Waals surface area (Å²) in [7, 11) is 0. The lowest BCUT2D eigenvalue weighted by atomic mass is 10.0. The molecule has 4 nitrogen and oxygen atoms in total. The Balaban J connectivity index is -0.00000102. The van der Waals surface area contributed by atoms with Crippen molar-refractivity contribution in [1.29, 1.82) is 0 Å². The van der Waals surface area contributed by atoms with Gasteiger partial charge in [-0.3, -0.25) is 4.79 Å². The summed E-state index contributed by atoms with van der Waals surface area (Å²) >= 11 is 0. The summed E-state index contributed by atoms with van der Waals surface area (Å²) in [5.74, 6) is -0.653. The van der Waals surface area contributed by atoms with Gasteiger partial charge in [0.05, 0.1) is 0 Å². The number of aliphatic hydroxyl groups excluding tert-OH is 1. The Bertz CT molecular complexity index is 220. The van der Waals surface area contributed by atoms with E-state index in [1.54, 1.807) is 6.92 Å². The third kappa shape index (κ3) is 33.1. The fraction of sp³-hybridized carbons (Fsp3) is 0.950. The predicted molar refractivity (Wildman–Crippen MR) is 104 cm³/mol. The Labute approximate surface area is 150 Å². The molecule has 0 radical (unpaired) electrons. The smallest absolute Gasteiger partial charge is 0.303 e. The van der Waals surface area contributed by atoms with Gasteiger partial charge in [0.2, 0.25) is 0 Å². The summed E-state index contributed by atoms with van der Waals surface area (Å²) in [5, 5.41) is 16.1. The lowest BCUT2D eigenvalue weighted by Gasteiger charge is -2.03. The molecule has 0 aromatic rings. The summed E-state index contributed by atoms with van der Waals surface area (Å²) < 4.78 is 0. The molecule has 0 saturated heterocycles. The monoisotopic (exact) mass is 348 g/mol. The molecule has 0 bridgehead atoms. The van der Waals surface area contributed by atoms with Gasteiger partial charge in [0.25, 0.3) is 0 Å². The summed E-state index contributed by atoms with van der Waals surface area (Å²) in [4.78, 5) is 10.3. The molecule has 0 spiro atoms. The summed E-state index contributed by atoms with van der Waals surface area (Å²) in [5.41, 5.74) is 0. The van der Waals surface area contributed by atoms with Crippen molar-refractivity contribution in [3.05, 3.63) is 0 Å². The SMILES string of the molecule is CCCCCCCCCCCCCCCCCC(=O)O.CCO.O. The van der Waals surface area contributed by atoms with Crippen molar-refractivity contribution in [2.75, 3.05) is 6.61 Å². The van der Waals surface area contributed by atoms with Crippen LogP contribution in [0.2, 0.25) is 0 Å². The summed E-state index contributed by atoms with van der Waals surface area (Å²) in [6, 6.07) is 0. The van der Waals surface area contributed by atoms with Crippen LogP contribution in [0.15, 0.2) is 0 Å². The van der Waals surface area contributed by atoms with E-state index in [0.717, 1.165) is 12.8 Å². The van der Waals surface area contributed by atoms with Crippen molar-refractivity contribution in [1.82, 2.24) is 0 Å². The summed E-state index contributed by atoms with van der Waals surface area (Å²) in [6.45, 7) is 4.20. The average Bonchev–Trinajstić information content (AvgIpc) is 2.51. The highest BCUT2D eigenvalue weighted by Gasteiger charge is 1.97. The van der Waals surface area contributed by atoms with E-state index in [1.807, 2.05) is 0 Å². The molecule has 24 heavy (non-hydrogen) atoms. The van der Waals surface area contributed by atoms with Gasteiger partial charge < -0.3 is 15.7 Å². The molecule has 0 aliphatic rings. The van der Waals surface area contributed by atoms with Gasteiger partial charge in [0.1, 0.15) is 0 Å². The molecule has 0 atom stereocenters. The van der Waals surface area contributed by atoms with Crippen LogP contribution in [0, 0.1) is 0 Å². The van der Waals surface area contributed by atoms with Crippen molar-refractivity contribution < 1.29 is 20.5 Å². The zero-order valence-electron chi connectivity index (χ0n) is 16.3. The van der Waals surface area contributed by atoms with E-state index in [2.05, 4.69) is 6.92 Å². The number of rotatable bonds is 16. The number of unbranched alkanes of at least 4 members (excludes halogenated alkanes) is 14. The van der Waals surface area contributed by atoms with E-state index in [-0.39, 0.29) is 12.1 Å². The van der Waals surface area contributed by atoms with Gasteiger partial charge in [-0.25, -0.2) is 0 Å². The van der Waals surface area contributed by atoms with E-state index in [1.165, 1.54) is 83.5 Å². The number of hydrogen-bond donors (Lipinski definition) is 2. The molecule has 0 fully saturated rings. The largest absolute Gasteiger partial charge is 0.481 e. The molecule has 4 N–H and O–H groups in total. The Morgan fingerprint density at radius 2 is 0.875 bits per heavy atom. The van der Waals surface area contributed by atoms with Crippen LogP contribution in [-0.4, -0.2) is 28.3 Å². The second-order valence-electron chi connectivity index (χ2n) is 6.41. The van der Waals surface area contributed by atoms with Gasteiger partial charge in [0.15, 0.2) is 0 Å². The molecular formula is C20H44O4. The number of hydrogen-bond acceptors (Lipinski definition) is 2. The average molecular weight is 349 g/mol. The predicted octanol–water partition coefficient (Wildman–Crippen LogP) is 5.51. The first kappa shape index (κ1) is 28.2. The van der Waals surface area contributed by atoms with Crippen molar-refractivity contribution in [2.24, 2.45) is 0 Å². The maximum Gasteiger partial charge on any atom is 0.303 e.